The molecule has 2 aliphatic rings. The lowest BCUT2D eigenvalue weighted by molar-refractivity contribution is 0.230. The Balaban J connectivity index is 1.51. The number of hydrogen-bond donors (Lipinski definition) is 0. The van der Waals surface area contributed by atoms with Crippen LogP contribution in [0.2, 0.25) is 0 Å². The van der Waals surface area contributed by atoms with Gasteiger partial charge in [-0.05, 0) is 62.3 Å². The molecule has 4 nitrogen and oxygen atoms in total. The lowest BCUT2D eigenvalue weighted by Crippen LogP contribution is -2.33. The van der Waals surface area contributed by atoms with Crippen molar-refractivity contribution in [2.45, 2.75) is 38.1 Å². The van der Waals surface area contributed by atoms with Gasteiger partial charge in [0.15, 0.2) is 0 Å². The summed E-state index contributed by atoms with van der Waals surface area (Å²) in [4.78, 5) is 10.0. The van der Waals surface area contributed by atoms with Crippen LogP contribution in [0.5, 0.6) is 5.75 Å². The summed E-state index contributed by atoms with van der Waals surface area (Å²) in [5.41, 5.74) is 5.22. The van der Waals surface area contributed by atoms with Crippen molar-refractivity contribution >= 4 is 0 Å². The Morgan fingerprint density at radius 3 is 2.56 bits per heavy atom. The van der Waals surface area contributed by atoms with Gasteiger partial charge in [0.2, 0.25) is 0 Å². The standard InChI is InChI=1S/C23H31N3O/c1-25-16-22(18-6-9-20(27-2)10-7-18)21-11-8-19(24-23(21)17-25)12-15-26-13-4-3-5-14-26/h6-11,22H,3-5,12-17H2,1-2H3. The second-order valence-corrected chi connectivity index (χ2v) is 8.01. The van der Waals surface area contributed by atoms with Crippen LogP contribution in [0.3, 0.4) is 0 Å². The van der Waals surface area contributed by atoms with E-state index >= 15 is 0 Å². The van der Waals surface area contributed by atoms with E-state index < -0.39 is 0 Å². The highest BCUT2D eigenvalue weighted by molar-refractivity contribution is 5.40. The van der Waals surface area contributed by atoms with Crippen molar-refractivity contribution in [1.29, 1.82) is 0 Å². The zero-order valence-electron chi connectivity index (χ0n) is 16.7. The quantitative estimate of drug-likeness (QED) is 0.808. The summed E-state index contributed by atoms with van der Waals surface area (Å²) < 4.78 is 5.31. The van der Waals surface area contributed by atoms with Crippen molar-refractivity contribution in [2.24, 2.45) is 0 Å². The minimum absolute atomic E-state index is 0.383. The molecular weight excluding hydrogens is 334 g/mol. The van der Waals surface area contributed by atoms with Crippen LogP contribution in [0.15, 0.2) is 36.4 Å². The molecule has 1 aromatic carbocycles. The SMILES string of the molecule is COc1ccc(C2CN(C)Cc3nc(CCN4CCCCC4)ccc32)cc1. The molecule has 4 heteroatoms. The first-order valence-corrected chi connectivity index (χ1v) is 10.3. The molecule has 1 aromatic heterocycles. The molecular formula is C23H31N3O. The number of aromatic nitrogens is 1. The molecule has 0 aliphatic carbocycles. The van der Waals surface area contributed by atoms with Gasteiger partial charge in [0.25, 0.3) is 0 Å². The monoisotopic (exact) mass is 365 g/mol. The Morgan fingerprint density at radius 1 is 1.04 bits per heavy atom. The first-order valence-electron chi connectivity index (χ1n) is 10.3. The average Bonchev–Trinajstić information content (AvgIpc) is 2.72. The number of nitrogens with zero attached hydrogens (tertiary/aromatic N) is 3. The van der Waals surface area contributed by atoms with Gasteiger partial charge < -0.3 is 9.64 Å². The lowest BCUT2D eigenvalue weighted by Gasteiger charge is -2.32. The van der Waals surface area contributed by atoms with Gasteiger partial charge >= 0.3 is 0 Å². The van der Waals surface area contributed by atoms with Gasteiger partial charge in [0.05, 0.1) is 12.8 Å². The third kappa shape index (κ3) is 4.33. The lowest BCUT2D eigenvalue weighted by atomic mass is 9.86. The maximum atomic E-state index is 5.31. The fourth-order valence-corrected chi connectivity index (χ4v) is 4.45. The summed E-state index contributed by atoms with van der Waals surface area (Å²) in [6, 6.07) is 13.1. The van der Waals surface area contributed by atoms with Gasteiger partial charge in [-0.2, -0.15) is 0 Å². The maximum Gasteiger partial charge on any atom is 0.118 e. The highest BCUT2D eigenvalue weighted by Gasteiger charge is 2.26. The van der Waals surface area contributed by atoms with Crippen molar-refractivity contribution in [3.63, 3.8) is 0 Å². The van der Waals surface area contributed by atoms with Crippen LogP contribution in [0.25, 0.3) is 0 Å². The third-order valence-corrected chi connectivity index (χ3v) is 6.01. The molecule has 4 rings (SSSR count). The molecule has 0 bridgehead atoms. The Kier molecular flexibility index (Phi) is 5.74. The summed E-state index contributed by atoms with van der Waals surface area (Å²) in [5.74, 6) is 1.29. The highest BCUT2D eigenvalue weighted by Crippen LogP contribution is 2.33. The fraction of sp³-hybridized carbons (Fsp3) is 0.522. The van der Waals surface area contributed by atoms with Crippen LogP contribution >= 0.6 is 0 Å². The molecule has 144 valence electrons. The molecule has 0 saturated carbocycles. The molecule has 2 aromatic rings. The second-order valence-electron chi connectivity index (χ2n) is 8.01. The highest BCUT2D eigenvalue weighted by atomic mass is 16.5. The van der Waals surface area contributed by atoms with E-state index in [-0.39, 0.29) is 0 Å². The van der Waals surface area contributed by atoms with Crippen molar-refractivity contribution in [2.75, 3.05) is 40.3 Å². The average molecular weight is 366 g/mol. The third-order valence-electron chi connectivity index (χ3n) is 6.01. The molecule has 0 N–H and O–H groups in total. The minimum Gasteiger partial charge on any atom is -0.497 e. The number of methoxy groups -OCH3 is 1. The van der Waals surface area contributed by atoms with Gasteiger partial charge in [-0.3, -0.25) is 9.88 Å². The second kappa shape index (κ2) is 8.41. The molecule has 1 saturated heterocycles. The number of ether oxygens (including phenoxy) is 1. The van der Waals surface area contributed by atoms with Gasteiger partial charge in [-0.1, -0.05) is 24.6 Å². The molecule has 0 spiro atoms. The first kappa shape index (κ1) is 18.5. The number of benzene rings is 1. The normalized spacial score (nSPS) is 21.0. The summed E-state index contributed by atoms with van der Waals surface area (Å²) in [5, 5.41) is 0. The number of rotatable bonds is 5. The number of piperidine rings is 1. The van der Waals surface area contributed by atoms with E-state index in [0.29, 0.717) is 5.92 Å². The van der Waals surface area contributed by atoms with Crippen LogP contribution < -0.4 is 4.74 Å². The van der Waals surface area contributed by atoms with E-state index in [4.69, 9.17) is 9.72 Å². The number of fused-ring (bicyclic) bond motifs is 1. The molecule has 1 atom stereocenters. The molecule has 0 amide bonds. The summed E-state index contributed by atoms with van der Waals surface area (Å²) >= 11 is 0. The molecule has 2 aliphatic heterocycles. The Hall–Kier alpha value is -1.91. The van der Waals surface area contributed by atoms with Crippen molar-refractivity contribution in [1.82, 2.24) is 14.8 Å². The number of likely N-dealkylation sites (tertiary alicyclic amines) is 1. The van der Waals surface area contributed by atoms with Crippen LogP contribution in [-0.2, 0) is 13.0 Å². The van der Waals surface area contributed by atoms with E-state index in [0.717, 1.165) is 31.8 Å². The molecule has 1 unspecified atom stereocenters. The van der Waals surface area contributed by atoms with E-state index in [9.17, 15) is 0 Å². The minimum atomic E-state index is 0.383. The maximum absolute atomic E-state index is 5.31. The molecule has 1 fully saturated rings. The fourth-order valence-electron chi connectivity index (χ4n) is 4.45. The Morgan fingerprint density at radius 2 is 1.81 bits per heavy atom. The number of hydrogen-bond acceptors (Lipinski definition) is 4. The van der Waals surface area contributed by atoms with Crippen molar-refractivity contribution in [3.05, 3.63) is 58.9 Å². The smallest absolute Gasteiger partial charge is 0.118 e. The van der Waals surface area contributed by atoms with E-state index in [1.165, 1.54) is 54.9 Å². The Bertz CT molecular complexity index is 753. The summed E-state index contributed by atoms with van der Waals surface area (Å²) in [7, 11) is 3.91. The first-order chi connectivity index (χ1) is 13.2. The summed E-state index contributed by atoms with van der Waals surface area (Å²) in [6.45, 7) is 5.64. The zero-order valence-corrected chi connectivity index (χ0v) is 16.7. The van der Waals surface area contributed by atoms with Crippen molar-refractivity contribution in [3.8, 4) is 5.75 Å². The van der Waals surface area contributed by atoms with Crippen LogP contribution in [0.4, 0.5) is 0 Å². The molecule has 27 heavy (non-hydrogen) atoms. The van der Waals surface area contributed by atoms with E-state index in [1.807, 2.05) is 0 Å². The van der Waals surface area contributed by atoms with E-state index in [2.05, 4.69) is 53.2 Å². The van der Waals surface area contributed by atoms with Crippen molar-refractivity contribution < 1.29 is 4.74 Å². The number of pyridine rings is 1. The van der Waals surface area contributed by atoms with Gasteiger partial charge in [0.1, 0.15) is 5.75 Å². The van der Waals surface area contributed by atoms with Gasteiger partial charge in [-0.25, -0.2) is 0 Å². The largest absolute Gasteiger partial charge is 0.497 e. The molecule has 0 radical (unpaired) electrons. The molecule has 3 heterocycles. The Labute approximate surface area is 163 Å². The van der Waals surface area contributed by atoms with E-state index in [1.54, 1.807) is 7.11 Å². The van der Waals surface area contributed by atoms with Crippen LogP contribution in [0, 0.1) is 0 Å². The predicted octanol–water partition coefficient (Wildman–Crippen LogP) is 3.70. The zero-order chi connectivity index (χ0) is 18.6. The summed E-state index contributed by atoms with van der Waals surface area (Å²) in [6.07, 6.45) is 5.16. The van der Waals surface area contributed by atoms with Crippen LogP contribution in [-0.4, -0.2) is 55.1 Å². The number of likely N-dealkylation sites (N-methyl/N-ethyl adjacent to an activating group) is 1. The van der Waals surface area contributed by atoms with Crippen LogP contribution in [0.1, 0.15) is 47.7 Å². The van der Waals surface area contributed by atoms with Gasteiger partial charge in [0, 0.05) is 37.7 Å². The predicted molar refractivity (Wildman–Crippen MR) is 109 cm³/mol. The topological polar surface area (TPSA) is 28.6 Å². The van der Waals surface area contributed by atoms with Gasteiger partial charge in [-0.15, -0.1) is 0 Å².